The second kappa shape index (κ2) is 15.9. The number of aromatic nitrogens is 1. The normalized spacial score (nSPS) is 10.9. The lowest BCUT2D eigenvalue weighted by Crippen LogP contribution is -2.44. The first-order valence-electron chi connectivity index (χ1n) is 11.2. The minimum absolute atomic E-state index is 0.0509. The molecule has 1 aromatic rings. The Morgan fingerprint density at radius 1 is 0.933 bits per heavy atom. The summed E-state index contributed by atoms with van der Waals surface area (Å²) in [6, 6.07) is 3.97. The fraction of sp³-hybridized carbons (Fsp3) is 0.739. The third-order valence-corrected chi connectivity index (χ3v) is 5.27. The van der Waals surface area contributed by atoms with Gasteiger partial charge in [0.25, 0.3) is 0 Å². The lowest BCUT2D eigenvalue weighted by molar-refractivity contribution is -0.141. The fourth-order valence-electron chi connectivity index (χ4n) is 3.34. The summed E-state index contributed by atoms with van der Waals surface area (Å²) in [5.74, 6) is 0.00603. The van der Waals surface area contributed by atoms with Gasteiger partial charge in [-0.15, -0.1) is 0 Å². The molecule has 0 aliphatic rings. The molecule has 30 heavy (non-hydrogen) atoms. The first kappa shape index (κ1) is 26.2. The van der Waals surface area contributed by atoms with Crippen LogP contribution < -0.4 is 0 Å². The lowest BCUT2D eigenvalue weighted by Gasteiger charge is -2.28. The monoisotopic (exact) mass is 423 g/mol. The van der Waals surface area contributed by atoms with Crippen molar-refractivity contribution in [3.05, 3.63) is 24.0 Å². The molecule has 0 fully saturated rings. The molecule has 1 rings (SSSR count). The average Bonchev–Trinajstić information content (AvgIpc) is 3.14. The SMILES string of the molecule is CCCCCCCC(=O)N(CCCOC)CC(=O)N(CCOC)Cc1cccn1C. The van der Waals surface area contributed by atoms with Crippen molar-refractivity contribution in [1.29, 1.82) is 0 Å². The second-order valence-electron chi connectivity index (χ2n) is 7.74. The molecule has 0 aliphatic heterocycles. The Bertz CT molecular complexity index is 603. The Morgan fingerprint density at radius 3 is 2.30 bits per heavy atom. The number of ether oxygens (including phenoxy) is 2. The molecule has 0 unspecified atom stereocenters. The standard InChI is InChI=1S/C23H41N3O4/c1-5-6-7-8-9-13-22(27)25(15-11-17-29-3)20-23(28)26(16-18-30-4)19-21-12-10-14-24(21)2/h10,12,14H,5-9,11,13,15-20H2,1-4H3. The molecule has 0 bridgehead atoms. The number of carbonyl (C=O) groups excluding carboxylic acids is 2. The molecule has 0 aromatic carbocycles. The maximum Gasteiger partial charge on any atom is 0.242 e. The smallest absolute Gasteiger partial charge is 0.242 e. The Balaban J connectivity index is 2.71. The zero-order valence-electron chi connectivity index (χ0n) is 19.4. The molecule has 172 valence electrons. The van der Waals surface area contributed by atoms with Crippen LogP contribution in [0.1, 0.15) is 57.6 Å². The summed E-state index contributed by atoms with van der Waals surface area (Å²) in [5.41, 5.74) is 1.05. The second-order valence-corrected chi connectivity index (χ2v) is 7.74. The van der Waals surface area contributed by atoms with Gasteiger partial charge in [0.1, 0.15) is 0 Å². The van der Waals surface area contributed by atoms with Gasteiger partial charge in [0.15, 0.2) is 0 Å². The van der Waals surface area contributed by atoms with Gasteiger partial charge in [0, 0.05) is 59.3 Å². The number of hydrogen-bond donors (Lipinski definition) is 0. The van der Waals surface area contributed by atoms with Crippen LogP contribution >= 0.6 is 0 Å². The predicted molar refractivity (Wildman–Crippen MR) is 119 cm³/mol. The first-order valence-corrected chi connectivity index (χ1v) is 11.2. The van der Waals surface area contributed by atoms with Crippen molar-refractivity contribution in [2.45, 2.75) is 58.4 Å². The molecular formula is C23H41N3O4. The summed E-state index contributed by atoms with van der Waals surface area (Å²) in [6.45, 7) is 4.86. The third kappa shape index (κ3) is 10.3. The Labute approximate surface area is 182 Å². The van der Waals surface area contributed by atoms with Gasteiger partial charge in [-0.3, -0.25) is 9.59 Å². The highest BCUT2D eigenvalue weighted by atomic mass is 16.5. The van der Waals surface area contributed by atoms with Gasteiger partial charge >= 0.3 is 0 Å². The van der Waals surface area contributed by atoms with E-state index >= 15 is 0 Å². The summed E-state index contributed by atoms with van der Waals surface area (Å²) < 4.78 is 12.3. The van der Waals surface area contributed by atoms with Gasteiger partial charge in [-0.2, -0.15) is 0 Å². The number of amides is 2. The topological polar surface area (TPSA) is 64.0 Å². The van der Waals surface area contributed by atoms with Crippen LogP contribution in [0.2, 0.25) is 0 Å². The van der Waals surface area contributed by atoms with E-state index in [0.717, 1.165) is 31.4 Å². The van der Waals surface area contributed by atoms with Gasteiger partial charge in [-0.1, -0.05) is 32.6 Å². The number of unbranched alkanes of at least 4 members (excludes halogenated alkanes) is 4. The number of methoxy groups -OCH3 is 2. The Hall–Kier alpha value is -1.86. The van der Waals surface area contributed by atoms with Crippen LogP contribution in [0, 0.1) is 0 Å². The van der Waals surface area contributed by atoms with Crippen LogP contribution in [0.5, 0.6) is 0 Å². The lowest BCUT2D eigenvalue weighted by atomic mass is 10.1. The molecule has 0 aliphatic carbocycles. The third-order valence-electron chi connectivity index (χ3n) is 5.27. The predicted octanol–water partition coefficient (Wildman–Crippen LogP) is 3.23. The van der Waals surface area contributed by atoms with Crippen molar-refractivity contribution in [3.8, 4) is 0 Å². The van der Waals surface area contributed by atoms with Crippen LogP contribution in [0.3, 0.4) is 0 Å². The molecule has 0 N–H and O–H groups in total. The zero-order chi connectivity index (χ0) is 22.2. The highest BCUT2D eigenvalue weighted by molar-refractivity contribution is 5.84. The van der Waals surface area contributed by atoms with Crippen LogP contribution in [0.25, 0.3) is 0 Å². The van der Waals surface area contributed by atoms with E-state index in [9.17, 15) is 9.59 Å². The summed E-state index contributed by atoms with van der Waals surface area (Å²) in [6.07, 6.45) is 8.68. The highest BCUT2D eigenvalue weighted by Crippen LogP contribution is 2.10. The first-order chi connectivity index (χ1) is 14.5. The van der Waals surface area contributed by atoms with Gasteiger partial charge < -0.3 is 23.8 Å². The molecule has 0 atom stereocenters. The largest absolute Gasteiger partial charge is 0.385 e. The maximum absolute atomic E-state index is 13.1. The number of carbonyl (C=O) groups is 2. The summed E-state index contributed by atoms with van der Waals surface area (Å²) >= 11 is 0. The quantitative estimate of drug-likeness (QED) is 0.361. The van der Waals surface area contributed by atoms with E-state index in [1.807, 2.05) is 29.9 Å². The summed E-state index contributed by atoms with van der Waals surface area (Å²) in [7, 11) is 5.25. The van der Waals surface area contributed by atoms with Crippen molar-refractivity contribution < 1.29 is 19.1 Å². The molecule has 2 amide bonds. The highest BCUT2D eigenvalue weighted by Gasteiger charge is 2.21. The number of nitrogens with zero attached hydrogens (tertiary/aromatic N) is 3. The van der Waals surface area contributed by atoms with Crippen molar-refractivity contribution in [2.75, 3.05) is 47.1 Å². The van der Waals surface area contributed by atoms with E-state index < -0.39 is 0 Å². The Kier molecular flexibility index (Phi) is 13.9. The van der Waals surface area contributed by atoms with Crippen LogP contribution in [-0.2, 0) is 32.7 Å². The maximum atomic E-state index is 13.1. The van der Waals surface area contributed by atoms with Crippen molar-refractivity contribution >= 4 is 11.8 Å². The summed E-state index contributed by atoms with van der Waals surface area (Å²) in [4.78, 5) is 29.4. The molecule has 1 heterocycles. The molecule has 0 saturated carbocycles. The van der Waals surface area contributed by atoms with Crippen LogP contribution in [0.4, 0.5) is 0 Å². The Morgan fingerprint density at radius 2 is 1.67 bits per heavy atom. The van der Waals surface area contributed by atoms with E-state index in [1.165, 1.54) is 12.8 Å². The zero-order valence-corrected chi connectivity index (χ0v) is 19.4. The van der Waals surface area contributed by atoms with Gasteiger partial charge in [-0.05, 0) is 25.0 Å². The number of aryl methyl sites for hydroxylation is 1. The molecule has 0 saturated heterocycles. The van der Waals surface area contributed by atoms with E-state index in [1.54, 1.807) is 24.0 Å². The van der Waals surface area contributed by atoms with E-state index in [0.29, 0.717) is 39.3 Å². The van der Waals surface area contributed by atoms with Gasteiger partial charge in [0.05, 0.1) is 19.7 Å². The molecule has 1 aromatic heterocycles. The van der Waals surface area contributed by atoms with E-state index in [-0.39, 0.29) is 18.4 Å². The minimum Gasteiger partial charge on any atom is -0.385 e. The average molecular weight is 424 g/mol. The molecule has 7 nitrogen and oxygen atoms in total. The number of hydrogen-bond acceptors (Lipinski definition) is 4. The van der Waals surface area contributed by atoms with Gasteiger partial charge in [-0.25, -0.2) is 0 Å². The number of rotatable bonds is 17. The summed E-state index contributed by atoms with van der Waals surface area (Å²) in [5, 5.41) is 0. The molecule has 0 radical (unpaired) electrons. The molecular weight excluding hydrogens is 382 g/mol. The molecule has 7 heteroatoms. The van der Waals surface area contributed by atoms with Gasteiger partial charge in [0.2, 0.25) is 11.8 Å². The van der Waals surface area contributed by atoms with Crippen LogP contribution in [0.15, 0.2) is 18.3 Å². The van der Waals surface area contributed by atoms with Crippen molar-refractivity contribution in [3.63, 3.8) is 0 Å². The van der Waals surface area contributed by atoms with Crippen molar-refractivity contribution in [1.82, 2.24) is 14.4 Å². The van der Waals surface area contributed by atoms with E-state index in [2.05, 4.69) is 6.92 Å². The van der Waals surface area contributed by atoms with Crippen LogP contribution in [-0.4, -0.2) is 73.2 Å². The fourth-order valence-corrected chi connectivity index (χ4v) is 3.34. The minimum atomic E-state index is -0.0509. The molecule has 0 spiro atoms. The van der Waals surface area contributed by atoms with E-state index in [4.69, 9.17) is 9.47 Å². The van der Waals surface area contributed by atoms with Crippen molar-refractivity contribution in [2.24, 2.45) is 7.05 Å².